The first-order valence-electron chi connectivity index (χ1n) is 6.24. The Hall–Kier alpha value is -1.35. The third-order valence-electron chi connectivity index (χ3n) is 2.46. The number of ether oxygens (including phenoxy) is 2. The molecule has 0 aliphatic rings. The molecule has 0 aliphatic heterocycles. The topological polar surface area (TPSA) is 44.5 Å². The van der Waals surface area contributed by atoms with Crippen LogP contribution in [0, 0.1) is 5.92 Å². The molecule has 2 N–H and O–H groups in total. The van der Waals surface area contributed by atoms with Gasteiger partial charge in [0.15, 0.2) is 0 Å². The summed E-state index contributed by atoms with van der Waals surface area (Å²) in [5.41, 5.74) is 6.01. The molecule has 0 aliphatic carbocycles. The lowest BCUT2D eigenvalue weighted by Gasteiger charge is -2.24. The molecular weight excluding hydrogens is 352 g/mol. The minimum atomic E-state index is -5.55. The summed E-state index contributed by atoms with van der Waals surface area (Å²) in [7, 11) is 0. The molecule has 0 saturated carbocycles. The standard InChI is InChI=1S/C13H15F6NO2.ClH/c1-7(2)5-8-6-9(20)3-4-10(8)21-12(15,16)11(14)22-13(17,18)19;/h3-4,6-7,11H,5,20H2,1-2H3;1H. The van der Waals surface area contributed by atoms with Crippen molar-refractivity contribution in [2.45, 2.75) is 39.1 Å². The van der Waals surface area contributed by atoms with Crippen LogP contribution in [0.3, 0.4) is 0 Å². The number of benzene rings is 1. The van der Waals surface area contributed by atoms with Crippen molar-refractivity contribution < 1.29 is 35.8 Å². The molecule has 1 unspecified atom stereocenters. The second-order valence-electron chi connectivity index (χ2n) is 5.01. The summed E-state index contributed by atoms with van der Waals surface area (Å²) in [6.45, 7) is 3.58. The van der Waals surface area contributed by atoms with E-state index in [-0.39, 0.29) is 36.0 Å². The molecule has 0 fully saturated rings. The van der Waals surface area contributed by atoms with Crippen molar-refractivity contribution in [1.82, 2.24) is 0 Å². The van der Waals surface area contributed by atoms with Crippen molar-refractivity contribution in [3.63, 3.8) is 0 Å². The molecule has 3 nitrogen and oxygen atoms in total. The van der Waals surface area contributed by atoms with Crippen LogP contribution in [0.2, 0.25) is 0 Å². The maximum Gasteiger partial charge on any atom is 0.525 e. The minimum absolute atomic E-state index is 0. The van der Waals surface area contributed by atoms with Gasteiger partial charge in [0.25, 0.3) is 0 Å². The molecule has 0 heterocycles. The first kappa shape index (κ1) is 21.6. The van der Waals surface area contributed by atoms with E-state index in [2.05, 4.69) is 9.47 Å². The molecule has 0 saturated heterocycles. The predicted octanol–water partition coefficient (Wildman–Crippen LogP) is 4.69. The van der Waals surface area contributed by atoms with Crippen molar-refractivity contribution in [2.24, 2.45) is 5.92 Å². The average Bonchev–Trinajstić information content (AvgIpc) is 2.29. The molecule has 1 rings (SSSR count). The van der Waals surface area contributed by atoms with Crippen LogP contribution < -0.4 is 10.5 Å². The lowest BCUT2D eigenvalue weighted by Crippen LogP contribution is -2.41. The highest BCUT2D eigenvalue weighted by atomic mass is 35.5. The van der Waals surface area contributed by atoms with Crippen LogP contribution >= 0.6 is 12.4 Å². The normalized spacial score (nSPS) is 13.6. The van der Waals surface area contributed by atoms with Crippen LogP contribution in [0.1, 0.15) is 19.4 Å². The minimum Gasteiger partial charge on any atom is -0.428 e. The smallest absolute Gasteiger partial charge is 0.428 e. The molecule has 1 atom stereocenters. The van der Waals surface area contributed by atoms with Gasteiger partial charge in [-0.1, -0.05) is 13.8 Å². The molecular formula is C13H16ClF6NO2. The summed E-state index contributed by atoms with van der Waals surface area (Å²) in [5.74, 6) is -0.424. The second-order valence-corrected chi connectivity index (χ2v) is 5.01. The number of hydrogen-bond donors (Lipinski definition) is 1. The lowest BCUT2D eigenvalue weighted by molar-refractivity contribution is -0.411. The van der Waals surface area contributed by atoms with E-state index in [1.807, 2.05) is 0 Å². The fourth-order valence-electron chi connectivity index (χ4n) is 1.68. The molecule has 0 amide bonds. The van der Waals surface area contributed by atoms with E-state index in [1.54, 1.807) is 13.8 Å². The monoisotopic (exact) mass is 367 g/mol. The van der Waals surface area contributed by atoms with Gasteiger partial charge in [0.1, 0.15) is 5.75 Å². The second kappa shape index (κ2) is 7.96. The van der Waals surface area contributed by atoms with E-state index >= 15 is 0 Å². The van der Waals surface area contributed by atoms with Gasteiger partial charge >= 0.3 is 18.8 Å². The zero-order valence-electron chi connectivity index (χ0n) is 12.2. The van der Waals surface area contributed by atoms with Gasteiger partial charge in [0, 0.05) is 5.69 Å². The Morgan fingerprint density at radius 1 is 1.13 bits per heavy atom. The Labute approximate surface area is 135 Å². The fraction of sp³-hybridized carbons (Fsp3) is 0.538. The third kappa shape index (κ3) is 7.17. The van der Waals surface area contributed by atoms with E-state index in [4.69, 9.17) is 5.73 Å². The Kier molecular flexibility index (Phi) is 7.49. The number of anilines is 1. The largest absolute Gasteiger partial charge is 0.525 e. The van der Waals surface area contributed by atoms with Crippen molar-refractivity contribution in [2.75, 3.05) is 5.73 Å². The SMILES string of the molecule is CC(C)Cc1cc(N)ccc1OC(F)(F)C(F)OC(F)(F)F.Cl. The maximum absolute atomic E-state index is 13.4. The quantitative estimate of drug-likeness (QED) is 0.586. The number of rotatable bonds is 6. The van der Waals surface area contributed by atoms with E-state index in [0.29, 0.717) is 0 Å². The Morgan fingerprint density at radius 3 is 2.17 bits per heavy atom. The van der Waals surface area contributed by atoms with E-state index in [9.17, 15) is 26.3 Å². The van der Waals surface area contributed by atoms with Crippen molar-refractivity contribution >= 4 is 18.1 Å². The van der Waals surface area contributed by atoms with Crippen LogP contribution in [0.5, 0.6) is 5.75 Å². The van der Waals surface area contributed by atoms with Gasteiger partial charge < -0.3 is 10.5 Å². The third-order valence-corrected chi connectivity index (χ3v) is 2.46. The summed E-state index contributed by atoms with van der Waals surface area (Å²) in [6, 6.07) is 3.59. The van der Waals surface area contributed by atoms with Gasteiger partial charge in [-0.2, -0.15) is 8.78 Å². The molecule has 1 aromatic carbocycles. The summed E-state index contributed by atoms with van der Waals surface area (Å²) < 4.78 is 82.0. The van der Waals surface area contributed by atoms with Gasteiger partial charge in [-0.25, -0.2) is 9.13 Å². The van der Waals surface area contributed by atoms with Crippen molar-refractivity contribution in [1.29, 1.82) is 0 Å². The van der Waals surface area contributed by atoms with Crippen LogP contribution in [0.25, 0.3) is 0 Å². The molecule has 0 spiro atoms. The van der Waals surface area contributed by atoms with Crippen LogP contribution in [0.15, 0.2) is 18.2 Å². The molecule has 0 bridgehead atoms. The Morgan fingerprint density at radius 2 is 1.70 bits per heavy atom. The highest BCUT2D eigenvalue weighted by Gasteiger charge is 2.50. The maximum atomic E-state index is 13.4. The van der Waals surface area contributed by atoms with E-state index in [0.717, 1.165) is 6.07 Å². The van der Waals surface area contributed by atoms with Crippen LogP contribution in [-0.2, 0) is 11.2 Å². The summed E-state index contributed by atoms with van der Waals surface area (Å²) >= 11 is 0. The molecule has 23 heavy (non-hydrogen) atoms. The number of nitrogen functional groups attached to an aromatic ring is 1. The van der Waals surface area contributed by atoms with Gasteiger partial charge in [-0.05, 0) is 36.1 Å². The summed E-state index contributed by atoms with van der Waals surface area (Å²) in [5, 5.41) is 0. The molecule has 134 valence electrons. The zero-order chi connectivity index (χ0) is 17.1. The highest BCUT2D eigenvalue weighted by molar-refractivity contribution is 5.85. The van der Waals surface area contributed by atoms with Gasteiger partial charge in [0.2, 0.25) is 0 Å². The van der Waals surface area contributed by atoms with Crippen molar-refractivity contribution in [3.05, 3.63) is 23.8 Å². The van der Waals surface area contributed by atoms with Gasteiger partial charge in [-0.15, -0.1) is 25.6 Å². The zero-order valence-corrected chi connectivity index (χ0v) is 13.0. The molecule has 10 heteroatoms. The van der Waals surface area contributed by atoms with E-state index < -0.39 is 24.6 Å². The molecule has 0 aromatic heterocycles. The predicted molar refractivity (Wildman–Crippen MR) is 74.3 cm³/mol. The van der Waals surface area contributed by atoms with Crippen LogP contribution in [0.4, 0.5) is 32.0 Å². The molecule has 1 aromatic rings. The number of halogens is 7. The number of nitrogens with two attached hydrogens (primary N) is 1. The Balaban J connectivity index is 0.00000484. The molecule has 0 radical (unpaired) electrons. The average molecular weight is 368 g/mol. The van der Waals surface area contributed by atoms with Crippen LogP contribution in [-0.4, -0.2) is 18.8 Å². The van der Waals surface area contributed by atoms with Gasteiger partial charge in [0.05, 0.1) is 0 Å². The first-order chi connectivity index (χ1) is 9.90. The highest BCUT2D eigenvalue weighted by Crippen LogP contribution is 2.34. The lowest BCUT2D eigenvalue weighted by atomic mass is 10.0. The van der Waals surface area contributed by atoms with E-state index in [1.165, 1.54) is 12.1 Å². The van der Waals surface area contributed by atoms with Crippen molar-refractivity contribution in [3.8, 4) is 5.75 Å². The number of alkyl halides is 6. The number of hydrogen-bond acceptors (Lipinski definition) is 3. The van der Waals surface area contributed by atoms with Gasteiger partial charge in [-0.3, -0.25) is 0 Å². The summed E-state index contributed by atoms with van der Waals surface area (Å²) in [4.78, 5) is 0. The Bertz CT molecular complexity index is 510. The summed E-state index contributed by atoms with van der Waals surface area (Å²) in [6.07, 6.45) is -14.1. The fourth-order valence-corrected chi connectivity index (χ4v) is 1.68. The first-order valence-corrected chi connectivity index (χ1v) is 6.24.